The van der Waals surface area contributed by atoms with Gasteiger partial charge in [-0.25, -0.2) is 13.6 Å². The molecule has 0 aliphatic heterocycles. The fourth-order valence-corrected chi connectivity index (χ4v) is 4.07. The molecule has 0 aromatic heterocycles. The molecule has 0 spiro atoms. The van der Waals surface area contributed by atoms with Crippen LogP contribution in [0.3, 0.4) is 0 Å². The van der Waals surface area contributed by atoms with E-state index in [1.807, 2.05) is 6.07 Å². The Morgan fingerprint density at radius 1 is 1.24 bits per heavy atom. The highest BCUT2D eigenvalue weighted by molar-refractivity contribution is 7.89. The molecule has 0 saturated heterocycles. The Morgan fingerprint density at radius 3 is 2.71 bits per heavy atom. The molecule has 2 aliphatic rings. The molecular weight excluding hydrogens is 288 g/mol. The molecule has 1 unspecified atom stereocenters. The molecule has 3 atom stereocenters. The van der Waals surface area contributed by atoms with Crippen LogP contribution in [0.5, 0.6) is 0 Å². The molecule has 0 radical (unpaired) electrons. The highest BCUT2D eigenvalue weighted by Crippen LogP contribution is 2.33. The summed E-state index contributed by atoms with van der Waals surface area (Å²) in [6, 6.07) is 5.66. The molecule has 6 heteroatoms. The lowest BCUT2D eigenvalue weighted by Gasteiger charge is -2.29. The van der Waals surface area contributed by atoms with Crippen molar-refractivity contribution in [2.75, 3.05) is 0 Å². The summed E-state index contributed by atoms with van der Waals surface area (Å²) in [4.78, 5) is 0.182. The number of sulfonamides is 1. The van der Waals surface area contributed by atoms with E-state index in [0.717, 1.165) is 44.1 Å². The van der Waals surface area contributed by atoms with Gasteiger partial charge in [0.2, 0.25) is 10.0 Å². The summed E-state index contributed by atoms with van der Waals surface area (Å²) in [6.45, 7) is 0. The summed E-state index contributed by atoms with van der Waals surface area (Å²) in [7, 11) is -3.66. The van der Waals surface area contributed by atoms with Crippen molar-refractivity contribution in [3.8, 4) is 0 Å². The Hall–Kier alpha value is -0.950. The third kappa shape index (κ3) is 3.29. The van der Waals surface area contributed by atoms with Gasteiger partial charge in [-0.15, -0.1) is 0 Å². The zero-order valence-electron chi connectivity index (χ0n) is 12.0. The van der Waals surface area contributed by atoms with Crippen LogP contribution >= 0.6 is 0 Å². The van der Waals surface area contributed by atoms with Crippen LogP contribution in [-0.2, 0) is 16.4 Å². The number of aryl methyl sites for hydroxylation is 1. The summed E-state index contributed by atoms with van der Waals surface area (Å²) >= 11 is 0. The Kier molecular flexibility index (Phi) is 4.05. The quantitative estimate of drug-likeness (QED) is 0.782. The lowest BCUT2D eigenvalue weighted by molar-refractivity contribution is 0.178. The van der Waals surface area contributed by atoms with E-state index in [-0.39, 0.29) is 17.0 Å². The smallest absolute Gasteiger partial charge is 0.238 e. The molecule has 1 aromatic carbocycles. The van der Waals surface area contributed by atoms with E-state index in [1.165, 1.54) is 5.56 Å². The van der Waals surface area contributed by atoms with Gasteiger partial charge >= 0.3 is 0 Å². The van der Waals surface area contributed by atoms with Gasteiger partial charge in [-0.2, -0.15) is 0 Å². The number of aliphatic hydroxyl groups excluding tert-OH is 1. The predicted molar refractivity (Wildman–Crippen MR) is 80.3 cm³/mol. The first-order valence-electron chi connectivity index (χ1n) is 7.53. The van der Waals surface area contributed by atoms with Crippen molar-refractivity contribution in [3.05, 3.63) is 29.3 Å². The van der Waals surface area contributed by atoms with Crippen LogP contribution in [-0.4, -0.2) is 25.7 Å². The molecule has 1 fully saturated rings. The summed E-state index contributed by atoms with van der Waals surface area (Å²) in [6.07, 6.45) is 5.45. The molecule has 1 saturated carbocycles. The van der Waals surface area contributed by atoms with Crippen LogP contribution in [0.2, 0.25) is 0 Å². The van der Waals surface area contributed by atoms with Crippen molar-refractivity contribution in [3.63, 3.8) is 0 Å². The number of rotatable bonds is 3. The fraction of sp³-hybridized carbons (Fsp3) is 0.600. The van der Waals surface area contributed by atoms with Crippen LogP contribution < -0.4 is 10.5 Å². The third-order valence-electron chi connectivity index (χ3n) is 4.60. The van der Waals surface area contributed by atoms with Gasteiger partial charge in [-0.05, 0) is 61.8 Å². The maximum absolute atomic E-state index is 11.5. The number of primary sulfonamides is 1. The molecule has 116 valence electrons. The molecule has 3 rings (SSSR count). The minimum atomic E-state index is -3.66. The number of nitrogens with one attached hydrogen (secondary N) is 1. The van der Waals surface area contributed by atoms with Crippen LogP contribution in [0.25, 0.3) is 0 Å². The van der Waals surface area contributed by atoms with Gasteiger partial charge in [0.15, 0.2) is 0 Å². The average molecular weight is 310 g/mol. The summed E-state index contributed by atoms with van der Waals surface area (Å²) < 4.78 is 23.1. The van der Waals surface area contributed by atoms with Crippen molar-refractivity contribution in [2.45, 2.75) is 61.6 Å². The van der Waals surface area contributed by atoms with Crippen molar-refractivity contribution in [2.24, 2.45) is 5.14 Å². The average Bonchev–Trinajstić information content (AvgIpc) is 2.83. The van der Waals surface area contributed by atoms with Crippen LogP contribution in [0.15, 0.2) is 23.1 Å². The number of fused-ring (bicyclic) bond motifs is 1. The number of hydrogen-bond donors (Lipinski definition) is 3. The normalized spacial score (nSPS) is 29.3. The summed E-state index contributed by atoms with van der Waals surface area (Å²) in [5.74, 6) is 0. The van der Waals surface area contributed by atoms with Gasteiger partial charge in [-0.1, -0.05) is 6.07 Å². The van der Waals surface area contributed by atoms with E-state index in [9.17, 15) is 13.5 Å². The van der Waals surface area contributed by atoms with E-state index in [0.29, 0.717) is 6.04 Å². The second-order valence-electron chi connectivity index (χ2n) is 6.18. The highest BCUT2D eigenvalue weighted by Gasteiger charge is 2.28. The van der Waals surface area contributed by atoms with E-state index >= 15 is 0 Å². The van der Waals surface area contributed by atoms with Crippen molar-refractivity contribution < 1.29 is 13.5 Å². The van der Waals surface area contributed by atoms with E-state index in [1.54, 1.807) is 12.1 Å². The first-order valence-corrected chi connectivity index (χ1v) is 9.08. The predicted octanol–water partition coefficient (Wildman–Crippen LogP) is 1.21. The molecule has 0 amide bonds. The largest absolute Gasteiger partial charge is 0.393 e. The monoisotopic (exact) mass is 310 g/mol. The second-order valence-corrected chi connectivity index (χ2v) is 7.74. The minimum absolute atomic E-state index is 0.158. The Morgan fingerprint density at radius 2 is 2.05 bits per heavy atom. The molecule has 5 nitrogen and oxygen atoms in total. The van der Waals surface area contributed by atoms with Gasteiger partial charge in [0.25, 0.3) is 0 Å². The second kappa shape index (κ2) is 5.68. The standard InChI is InChI=1S/C15H22N2O3S/c16-21(19,20)13-7-4-10-2-1-3-15(14(10)9-13)17-11-5-6-12(18)8-11/h4,7,9,11-12,15,17-18H,1-3,5-6,8H2,(H2,16,19,20)/t11-,12+,15?/m0/s1. The number of aliphatic hydroxyl groups is 1. The summed E-state index contributed by atoms with van der Waals surface area (Å²) in [5.41, 5.74) is 2.25. The molecule has 21 heavy (non-hydrogen) atoms. The first kappa shape index (κ1) is 15.0. The van der Waals surface area contributed by atoms with Gasteiger partial charge in [0, 0.05) is 12.1 Å². The van der Waals surface area contributed by atoms with E-state index in [2.05, 4.69) is 5.32 Å². The highest BCUT2D eigenvalue weighted by atomic mass is 32.2. The Bertz CT molecular complexity index is 630. The van der Waals surface area contributed by atoms with E-state index in [4.69, 9.17) is 5.14 Å². The maximum atomic E-state index is 11.5. The van der Waals surface area contributed by atoms with Gasteiger partial charge in [-0.3, -0.25) is 0 Å². The lowest BCUT2D eigenvalue weighted by Crippen LogP contribution is -2.33. The van der Waals surface area contributed by atoms with Crippen molar-refractivity contribution in [1.29, 1.82) is 0 Å². The molecular formula is C15H22N2O3S. The topological polar surface area (TPSA) is 92.4 Å². The molecule has 4 N–H and O–H groups in total. The molecule has 1 aromatic rings. The molecule has 0 heterocycles. The van der Waals surface area contributed by atoms with Crippen LogP contribution in [0.1, 0.15) is 49.3 Å². The SMILES string of the molecule is NS(=O)(=O)c1ccc2c(c1)C(N[C@H]1CC[C@@H](O)C1)CCC2. The van der Waals surface area contributed by atoms with Gasteiger partial charge in [0.1, 0.15) is 0 Å². The molecule has 0 bridgehead atoms. The first-order chi connectivity index (χ1) is 9.93. The van der Waals surface area contributed by atoms with Gasteiger partial charge < -0.3 is 10.4 Å². The maximum Gasteiger partial charge on any atom is 0.238 e. The van der Waals surface area contributed by atoms with Crippen molar-refractivity contribution >= 4 is 10.0 Å². The zero-order chi connectivity index (χ0) is 15.0. The van der Waals surface area contributed by atoms with Crippen LogP contribution in [0.4, 0.5) is 0 Å². The Balaban J connectivity index is 1.85. The van der Waals surface area contributed by atoms with Crippen molar-refractivity contribution in [1.82, 2.24) is 5.32 Å². The van der Waals surface area contributed by atoms with Crippen LogP contribution in [0, 0.1) is 0 Å². The number of benzene rings is 1. The summed E-state index contributed by atoms with van der Waals surface area (Å²) in [5, 5.41) is 18.5. The molecule has 2 aliphatic carbocycles. The zero-order valence-corrected chi connectivity index (χ0v) is 12.8. The minimum Gasteiger partial charge on any atom is -0.393 e. The number of nitrogens with two attached hydrogens (primary N) is 1. The number of hydrogen-bond acceptors (Lipinski definition) is 4. The van der Waals surface area contributed by atoms with Gasteiger partial charge in [0.05, 0.1) is 11.0 Å². The Labute approximate surface area is 125 Å². The van der Waals surface area contributed by atoms with E-state index < -0.39 is 10.0 Å². The lowest BCUT2D eigenvalue weighted by atomic mass is 9.87. The fourth-order valence-electron chi connectivity index (χ4n) is 3.52. The third-order valence-corrected chi connectivity index (χ3v) is 5.51.